The molecule has 2 aromatic heterocycles. The second-order valence-corrected chi connectivity index (χ2v) is 9.76. The monoisotopic (exact) mass is 562 g/mol. The van der Waals surface area contributed by atoms with Gasteiger partial charge >= 0.3 is 0 Å². The zero-order chi connectivity index (χ0) is 28.8. The summed E-state index contributed by atoms with van der Waals surface area (Å²) in [5.41, 5.74) is 1.09. The van der Waals surface area contributed by atoms with Crippen LogP contribution in [0.4, 0.5) is 4.39 Å². The molecule has 2 aromatic carbocycles. The van der Waals surface area contributed by atoms with Gasteiger partial charge < -0.3 is 24.1 Å². The molecule has 11 nitrogen and oxygen atoms in total. The van der Waals surface area contributed by atoms with Crippen LogP contribution in [0.25, 0.3) is 11.4 Å². The number of hydrogen-bond acceptors (Lipinski definition) is 8. The maximum Gasteiger partial charge on any atom is 0.247 e. The van der Waals surface area contributed by atoms with Crippen molar-refractivity contribution in [2.75, 3.05) is 14.2 Å². The predicted octanol–water partition coefficient (Wildman–Crippen LogP) is 3.92. The molecule has 1 aliphatic carbocycles. The Morgan fingerprint density at radius 3 is 2.54 bits per heavy atom. The predicted molar refractivity (Wildman–Crippen MR) is 145 cm³/mol. The minimum absolute atomic E-state index is 0.00317. The Hall–Kier alpha value is -4.74. The molecule has 0 unspecified atom stereocenters. The first-order chi connectivity index (χ1) is 19.9. The summed E-state index contributed by atoms with van der Waals surface area (Å²) in [6.45, 7) is -0.293. The number of amides is 2. The zero-order valence-corrected chi connectivity index (χ0v) is 22.8. The zero-order valence-electron chi connectivity index (χ0n) is 22.8. The number of ether oxygens (including phenoxy) is 2. The summed E-state index contributed by atoms with van der Waals surface area (Å²) in [6, 6.07) is 13.2. The molecule has 0 aliphatic heterocycles. The molecule has 0 bridgehead atoms. The summed E-state index contributed by atoms with van der Waals surface area (Å²) in [4.78, 5) is 30.1. The van der Waals surface area contributed by atoms with Crippen molar-refractivity contribution >= 4 is 11.8 Å². The number of tetrazole rings is 1. The molecule has 0 radical (unpaired) electrons. The number of nitrogens with one attached hydrogen (secondary N) is 1. The smallest absolute Gasteiger partial charge is 0.247 e. The van der Waals surface area contributed by atoms with Crippen LogP contribution < -0.4 is 14.8 Å². The highest BCUT2D eigenvalue weighted by Gasteiger charge is 2.34. The molecule has 1 aliphatic rings. The van der Waals surface area contributed by atoms with E-state index in [2.05, 4.69) is 20.7 Å². The van der Waals surface area contributed by atoms with Gasteiger partial charge in [-0.15, -0.1) is 10.2 Å². The molecule has 41 heavy (non-hydrogen) atoms. The van der Waals surface area contributed by atoms with E-state index in [1.165, 1.54) is 47.3 Å². The van der Waals surface area contributed by atoms with Crippen molar-refractivity contribution in [2.24, 2.45) is 0 Å². The third-order valence-corrected chi connectivity index (χ3v) is 7.05. The second-order valence-electron chi connectivity index (χ2n) is 9.76. The highest BCUT2D eigenvalue weighted by molar-refractivity contribution is 5.89. The maximum absolute atomic E-state index is 13.9. The van der Waals surface area contributed by atoms with Crippen LogP contribution >= 0.6 is 0 Å². The van der Waals surface area contributed by atoms with Crippen LogP contribution in [0.15, 0.2) is 65.3 Å². The Labute approximate surface area is 236 Å². The number of aromatic nitrogens is 4. The molecule has 12 heteroatoms. The van der Waals surface area contributed by atoms with E-state index < -0.39 is 17.8 Å². The molecule has 214 valence electrons. The van der Waals surface area contributed by atoms with E-state index >= 15 is 0 Å². The van der Waals surface area contributed by atoms with Crippen LogP contribution in [0.3, 0.4) is 0 Å². The Bertz CT molecular complexity index is 1470. The van der Waals surface area contributed by atoms with Crippen LogP contribution in [0.1, 0.15) is 43.0 Å². The summed E-state index contributed by atoms with van der Waals surface area (Å²) >= 11 is 0. The summed E-state index contributed by atoms with van der Waals surface area (Å²) in [5.74, 6) is 0.575. The molecule has 0 spiro atoms. The number of nitrogens with zero attached hydrogens (tertiary/aromatic N) is 5. The largest absolute Gasteiger partial charge is 0.493 e. The number of rotatable bonds is 11. The van der Waals surface area contributed by atoms with Crippen molar-refractivity contribution in [1.29, 1.82) is 0 Å². The van der Waals surface area contributed by atoms with E-state index in [0.29, 0.717) is 28.4 Å². The van der Waals surface area contributed by atoms with Crippen molar-refractivity contribution in [3.05, 3.63) is 78.0 Å². The number of hydrogen-bond donors (Lipinski definition) is 1. The van der Waals surface area contributed by atoms with Gasteiger partial charge in [-0.2, -0.15) is 4.80 Å². The Morgan fingerprint density at radius 1 is 1.10 bits per heavy atom. The Balaban J connectivity index is 1.43. The van der Waals surface area contributed by atoms with Crippen LogP contribution in [0.2, 0.25) is 0 Å². The summed E-state index contributed by atoms with van der Waals surface area (Å²) in [6.07, 6.45) is 5.30. The molecule has 4 aromatic rings. The normalized spacial score (nSPS) is 14.0. The molecule has 5 rings (SSSR count). The molecule has 2 heterocycles. The summed E-state index contributed by atoms with van der Waals surface area (Å²) in [5, 5.41) is 15.6. The minimum atomic E-state index is -1.04. The van der Waals surface area contributed by atoms with Gasteiger partial charge in [-0.1, -0.05) is 25.0 Å². The lowest BCUT2D eigenvalue weighted by Crippen LogP contribution is -2.46. The molecule has 1 N–H and O–H groups in total. The van der Waals surface area contributed by atoms with Gasteiger partial charge in [0.25, 0.3) is 0 Å². The lowest BCUT2D eigenvalue weighted by atomic mass is 10.0. The number of carbonyl (C=O) groups is 2. The molecule has 2 amide bonds. The lowest BCUT2D eigenvalue weighted by Gasteiger charge is -2.31. The Morgan fingerprint density at radius 2 is 1.85 bits per heavy atom. The van der Waals surface area contributed by atoms with Crippen molar-refractivity contribution in [1.82, 2.24) is 30.4 Å². The van der Waals surface area contributed by atoms with E-state index in [1.807, 2.05) is 0 Å². The van der Waals surface area contributed by atoms with E-state index in [9.17, 15) is 14.0 Å². The Kier molecular flexibility index (Phi) is 8.56. The van der Waals surface area contributed by atoms with Crippen molar-refractivity contribution in [3.8, 4) is 22.9 Å². The molecular weight excluding hydrogens is 531 g/mol. The van der Waals surface area contributed by atoms with Crippen LogP contribution in [0, 0.1) is 5.82 Å². The third kappa shape index (κ3) is 6.53. The number of methoxy groups -OCH3 is 2. The number of furan rings is 1. The summed E-state index contributed by atoms with van der Waals surface area (Å²) < 4.78 is 30.0. The van der Waals surface area contributed by atoms with Gasteiger partial charge in [0.15, 0.2) is 11.5 Å². The highest BCUT2D eigenvalue weighted by Crippen LogP contribution is 2.31. The van der Waals surface area contributed by atoms with E-state index in [1.54, 1.807) is 37.4 Å². The first-order valence-electron chi connectivity index (χ1n) is 13.3. The van der Waals surface area contributed by atoms with Gasteiger partial charge in [0.05, 0.1) is 27.0 Å². The second kappa shape index (κ2) is 12.6. The van der Waals surface area contributed by atoms with Crippen molar-refractivity contribution in [3.63, 3.8) is 0 Å². The topological polar surface area (TPSA) is 125 Å². The van der Waals surface area contributed by atoms with Gasteiger partial charge in [-0.05, 0) is 66.1 Å². The summed E-state index contributed by atoms with van der Waals surface area (Å²) in [7, 11) is 3.07. The van der Waals surface area contributed by atoms with Gasteiger partial charge in [0, 0.05) is 11.6 Å². The van der Waals surface area contributed by atoms with Gasteiger partial charge in [0.1, 0.15) is 24.2 Å². The molecule has 0 saturated heterocycles. The number of benzene rings is 2. The lowest BCUT2D eigenvalue weighted by molar-refractivity contribution is -0.143. The average molecular weight is 563 g/mol. The minimum Gasteiger partial charge on any atom is -0.493 e. The van der Waals surface area contributed by atoms with E-state index in [4.69, 9.17) is 13.9 Å². The van der Waals surface area contributed by atoms with Crippen LogP contribution in [-0.4, -0.2) is 57.2 Å². The average Bonchev–Trinajstić information content (AvgIpc) is 3.77. The molecule has 1 saturated carbocycles. The SMILES string of the molecule is COc1ccc(-c2nnn(CC(=O)N(Cc3ccco3)[C@@H](C(=O)NC3CCCC3)c3ccc(F)cc3)n2)cc1OC. The van der Waals surface area contributed by atoms with Crippen molar-refractivity contribution in [2.45, 2.75) is 50.9 Å². The van der Waals surface area contributed by atoms with Gasteiger partial charge in [0.2, 0.25) is 17.6 Å². The molecule has 1 fully saturated rings. The van der Waals surface area contributed by atoms with E-state index in [0.717, 1.165) is 25.7 Å². The number of halogens is 1. The first kappa shape index (κ1) is 27.8. The van der Waals surface area contributed by atoms with Gasteiger partial charge in [-0.3, -0.25) is 9.59 Å². The molecule has 1 atom stereocenters. The van der Waals surface area contributed by atoms with Gasteiger partial charge in [-0.25, -0.2) is 4.39 Å². The molecular formula is C29H31FN6O5. The van der Waals surface area contributed by atoms with Crippen LogP contribution in [-0.2, 0) is 22.7 Å². The van der Waals surface area contributed by atoms with E-state index in [-0.39, 0.29) is 30.9 Å². The van der Waals surface area contributed by atoms with Crippen LogP contribution in [0.5, 0.6) is 11.5 Å². The maximum atomic E-state index is 13.9. The fraction of sp³-hybridized carbons (Fsp3) is 0.345. The fourth-order valence-corrected chi connectivity index (χ4v) is 4.97. The quantitative estimate of drug-likeness (QED) is 0.292. The standard InChI is InChI=1S/C29H31FN6O5/c1-39-24-14-11-20(16-25(24)40-2)28-32-34-36(33-28)18-26(37)35(17-23-8-5-15-41-23)27(19-9-12-21(30)13-10-19)29(38)31-22-6-3-4-7-22/h5,8-16,22,27H,3-4,6-7,17-18H2,1-2H3,(H,31,38)/t27-/m1/s1. The third-order valence-electron chi connectivity index (χ3n) is 7.05. The van der Waals surface area contributed by atoms with Crippen molar-refractivity contribution < 1.29 is 27.9 Å². The fourth-order valence-electron chi connectivity index (χ4n) is 4.97. The first-order valence-corrected chi connectivity index (χ1v) is 13.3. The number of carbonyl (C=O) groups excluding carboxylic acids is 2. The highest BCUT2D eigenvalue weighted by atomic mass is 19.1.